The number of hydrogen-bond acceptors (Lipinski definition) is 1. The van der Waals surface area contributed by atoms with E-state index in [1.54, 1.807) is 0 Å². The lowest BCUT2D eigenvalue weighted by molar-refractivity contribution is 0.508. The van der Waals surface area contributed by atoms with E-state index in [-0.39, 0.29) is 11.1 Å². The molecule has 0 spiro atoms. The second kappa shape index (κ2) is 5.63. The summed E-state index contributed by atoms with van der Waals surface area (Å²) in [6.07, 6.45) is 0. The van der Waals surface area contributed by atoms with Crippen LogP contribution in [0.3, 0.4) is 0 Å². The van der Waals surface area contributed by atoms with Crippen molar-refractivity contribution in [1.29, 1.82) is 0 Å². The zero-order valence-electron chi connectivity index (χ0n) is 10.1. The smallest absolute Gasteiger partial charge is 0.131 e. The van der Waals surface area contributed by atoms with Gasteiger partial charge in [-0.05, 0) is 37.4 Å². The molecule has 2 aromatic carbocycles. The molecule has 5 heteroatoms. The van der Waals surface area contributed by atoms with Crippen molar-refractivity contribution in [2.75, 3.05) is 7.05 Å². The van der Waals surface area contributed by atoms with Crippen molar-refractivity contribution < 1.29 is 13.2 Å². The number of hydrogen-bond donors (Lipinski definition) is 1. The van der Waals surface area contributed by atoms with Crippen molar-refractivity contribution in [3.05, 3.63) is 70.0 Å². The monoisotopic (exact) mass is 285 g/mol. The first-order chi connectivity index (χ1) is 9.04. The van der Waals surface area contributed by atoms with E-state index in [9.17, 15) is 13.2 Å². The molecule has 0 saturated carbocycles. The van der Waals surface area contributed by atoms with Crippen LogP contribution < -0.4 is 5.32 Å². The number of nitrogens with one attached hydrogen (secondary N) is 1. The van der Waals surface area contributed by atoms with Crippen LogP contribution in [0.5, 0.6) is 0 Å². The van der Waals surface area contributed by atoms with Crippen LogP contribution in [0.4, 0.5) is 13.2 Å². The quantitative estimate of drug-likeness (QED) is 0.896. The highest BCUT2D eigenvalue weighted by atomic mass is 35.5. The van der Waals surface area contributed by atoms with Crippen molar-refractivity contribution in [2.45, 2.75) is 6.04 Å². The Morgan fingerprint density at radius 2 is 1.63 bits per heavy atom. The van der Waals surface area contributed by atoms with Gasteiger partial charge in [0.1, 0.15) is 17.5 Å². The molecule has 2 aromatic rings. The van der Waals surface area contributed by atoms with E-state index in [0.717, 1.165) is 12.1 Å². The fraction of sp³-hybridized carbons (Fsp3) is 0.143. The summed E-state index contributed by atoms with van der Waals surface area (Å²) in [5.41, 5.74) is -0.134. The third-order valence-corrected chi connectivity index (χ3v) is 3.08. The Kier molecular flexibility index (Phi) is 4.12. The first kappa shape index (κ1) is 13.9. The third kappa shape index (κ3) is 2.74. The topological polar surface area (TPSA) is 12.0 Å². The van der Waals surface area contributed by atoms with Crippen molar-refractivity contribution >= 4 is 11.6 Å². The Balaban J connectivity index is 2.59. The molecule has 0 radical (unpaired) electrons. The van der Waals surface area contributed by atoms with E-state index in [1.165, 1.54) is 31.3 Å². The van der Waals surface area contributed by atoms with E-state index in [0.29, 0.717) is 5.02 Å². The highest BCUT2D eigenvalue weighted by Gasteiger charge is 2.23. The molecule has 1 atom stereocenters. The SMILES string of the molecule is CNC(c1cc(Cl)ccc1F)c1c(F)cccc1F. The molecule has 0 aromatic heterocycles. The van der Waals surface area contributed by atoms with Crippen LogP contribution in [0, 0.1) is 17.5 Å². The molecule has 2 rings (SSSR count). The van der Waals surface area contributed by atoms with E-state index in [2.05, 4.69) is 5.32 Å². The van der Waals surface area contributed by atoms with Crippen LogP contribution in [-0.2, 0) is 0 Å². The van der Waals surface area contributed by atoms with Crippen LogP contribution in [0.1, 0.15) is 17.2 Å². The average Bonchev–Trinajstić information content (AvgIpc) is 2.37. The molecule has 1 unspecified atom stereocenters. The zero-order chi connectivity index (χ0) is 14.0. The van der Waals surface area contributed by atoms with Gasteiger partial charge in [-0.25, -0.2) is 13.2 Å². The van der Waals surface area contributed by atoms with E-state index in [1.807, 2.05) is 0 Å². The molecular formula is C14H11ClF3N. The molecular weight excluding hydrogens is 275 g/mol. The van der Waals surface area contributed by atoms with Gasteiger partial charge in [0.2, 0.25) is 0 Å². The van der Waals surface area contributed by atoms with Crippen molar-refractivity contribution in [1.82, 2.24) is 5.32 Å². The first-order valence-corrected chi connectivity index (χ1v) is 5.98. The lowest BCUT2D eigenvalue weighted by Crippen LogP contribution is -2.21. The van der Waals surface area contributed by atoms with E-state index >= 15 is 0 Å². The van der Waals surface area contributed by atoms with Crippen LogP contribution in [0.15, 0.2) is 36.4 Å². The Morgan fingerprint density at radius 3 is 2.21 bits per heavy atom. The normalized spacial score (nSPS) is 12.5. The van der Waals surface area contributed by atoms with Gasteiger partial charge in [0.15, 0.2) is 0 Å². The standard InChI is InChI=1S/C14H11ClF3N/c1-19-14(9-7-8(15)5-6-10(9)16)13-11(17)3-2-4-12(13)18/h2-7,14,19H,1H3. The third-order valence-electron chi connectivity index (χ3n) is 2.85. The van der Waals surface area contributed by atoms with Crippen LogP contribution in [0.25, 0.3) is 0 Å². The van der Waals surface area contributed by atoms with Crippen LogP contribution in [0.2, 0.25) is 5.02 Å². The second-order valence-electron chi connectivity index (χ2n) is 4.02. The van der Waals surface area contributed by atoms with Gasteiger partial charge >= 0.3 is 0 Å². The molecule has 0 saturated heterocycles. The summed E-state index contributed by atoms with van der Waals surface area (Å²) in [5, 5.41) is 3.01. The van der Waals surface area contributed by atoms with Gasteiger partial charge in [-0.2, -0.15) is 0 Å². The average molecular weight is 286 g/mol. The number of halogens is 4. The molecule has 0 aliphatic carbocycles. The Hall–Kier alpha value is -1.52. The fourth-order valence-electron chi connectivity index (χ4n) is 1.98. The summed E-state index contributed by atoms with van der Waals surface area (Å²) in [6.45, 7) is 0. The molecule has 0 heterocycles. The molecule has 0 amide bonds. The molecule has 100 valence electrons. The summed E-state index contributed by atoms with van der Waals surface area (Å²) in [6, 6.07) is 6.47. The van der Waals surface area contributed by atoms with Crippen molar-refractivity contribution in [3.8, 4) is 0 Å². The molecule has 0 bridgehead atoms. The predicted octanol–water partition coefficient (Wildman–Crippen LogP) is 4.07. The van der Waals surface area contributed by atoms with E-state index < -0.39 is 23.5 Å². The zero-order valence-corrected chi connectivity index (χ0v) is 10.8. The molecule has 19 heavy (non-hydrogen) atoms. The van der Waals surface area contributed by atoms with Gasteiger partial charge in [-0.3, -0.25) is 0 Å². The lowest BCUT2D eigenvalue weighted by Gasteiger charge is -2.19. The minimum absolute atomic E-state index is 0.0963. The fourth-order valence-corrected chi connectivity index (χ4v) is 2.16. The summed E-state index contributed by atoms with van der Waals surface area (Å²) in [4.78, 5) is 0. The number of benzene rings is 2. The summed E-state index contributed by atoms with van der Waals surface area (Å²) < 4.78 is 41.4. The highest BCUT2D eigenvalue weighted by molar-refractivity contribution is 6.30. The van der Waals surface area contributed by atoms with Gasteiger partial charge < -0.3 is 5.32 Å². The van der Waals surface area contributed by atoms with Gasteiger partial charge in [-0.15, -0.1) is 0 Å². The molecule has 1 nitrogen and oxygen atoms in total. The van der Waals surface area contributed by atoms with Crippen molar-refractivity contribution in [2.24, 2.45) is 0 Å². The molecule has 0 aliphatic rings. The molecule has 1 N–H and O–H groups in total. The Bertz CT molecular complexity index is 581. The summed E-state index contributed by atoms with van der Waals surface area (Å²) in [7, 11) is 1.50. The van der Waals surface area contributed by atoms with Gasteiger partial charge in [0, 0.05) is 16.1 Å². The minimum Gasteiger partial charge on any atom is -0.309 e. The maximum atomic E-state index is 13.8. The molecule has 0 fully saturated rings. The Labute approximate surface area is 114 Å². The minimum atomic E-state index is -0.945. The maximum absolute atomic E-state index is 13.8. The van der Waals surface area contributed by atoms with Crippen molar-refractivity contribution in [3.63, 3.8) is 0 Å². The van der Waals surface area contributed by atoms with Gasteiger partial charge in [0.05, 0.1) is 6.04 Å². The van der Waals surface area contributed by atoms with E-state index in [4.69, 9.17) is 11.6 Å². The summed E-state index contributed by atoms with van der Waals surface area (Å²) in [5.74, 6) is -2.05. The maximum Gasteiger partial charge on any atom is 0.131 e. The van der Waals surface area contributed by atoms with Crippen LogP contribution >= 0.6 is 11.6 Å². The molecule has 0 aliphatic heterocycles. The Morgan fingerprint density at radius 1 is 1.00 bits per heavy atom. The van der Waals surface area contributed by atoms with Crippen LogP contribution in [-0.4, -0.2) is 7.05 Å². The highest BCUT2D eigenvalue weighted by Crippen LogP contribution is 2.29. The largest absolute Gasteiger partial charge is 0.309 e. The number of rotatable bonds is 3. The second-order valence-corrected chi connectivity index (χ2v) is 4.46. The first-order valence-electron chi connectivity index (χ1n) is 5.60. The van der Waals surface area contributed by atoms with Gasteiger partial charge in [-0.1, -0.05) is 17.7 Å². The summed E-state index contributed by atoms with van der Waals surface area (Å²) >= 11 is 5.80. The predicted molar refractivity (Wildman–Crippen MR) is 68.7 cm³/mol. The lowest BCUT2D eigenvalue weighted by atomic mass is 9.97. The van der Waals surface area contributed by atoms with Gasteiger partial charge in [0.25, 0.3) is 0 Å².